The Morgan fingerprint density at radius 2 is 1.50 bits per heavy atom. The van der Waals surface area contributed by atoms with Crippen LogP contribution in [-0.4, -0.2) is 8.75 Å². The van der Waals surface area contributed by atoms with Crippen molar-refractivity contribution in [2.45, 2.75) is 67.2 Å². The van der Waals surface area contributed by atoms with Crippen LogP contribution in [0.25, 0.3) is 0 Å². The fourth-order valence-corrected chi connectivity index (χ4v) is 2.27. The maximum atomic E-state index is 4.16. The van der Waals surface area contributed by atoms with Crippen LogP contribution >= 0.6 is 23.1 Å². The first-order chi connectivity index (χ1) is 9.61. The zero-order valence-electron chi connectivity index (χ0n) is 14.2. The minimum Gasteiger partial charge on any atom is -0.201 e. The van der Waals surface area contributed by atoms with Crippen molar-refractivity contribution in [3.63, 3.8) is 0 Å². The van der Waals surface area contributed by atoms with Gasteiger partial charge in [-0.05, 0) is 47.0 Å². The van der Waals surface area contributed by atoms with Crippen LogP contribution in [0.15, 0.2) is 23.7 Å². The van der Waals surface area contributed by atoms with Gasteiger partial charge < -0.3 is 0 Å². The highest BCUT2D eigenvalue weighted by molar-refractivity contribution is 7.05. The van der Waals surface area contributed by atoms with E-state index in [9.17, 15) is 0 Å². The molecule has 2 rings (SSSR count). The number of hydrogen-bond acceptors (Lipinski definition) is 4. The molecular formula is C16H30N2S2. The summed E-state index contributed by atoms with van der Waals surface area (Å²) in [5.74, 6) is 1.23. The number of rotatable bonds is 2. The van der Waals surface area contributed by atoms with E-state index in [4.69, 9.17) is 0 Å². The van der Waals surface area contributed by atoms with Crippen LogP contribution in [0.1, 0.15) is 77.8 Å². The minimum atomic E-state index is 0.584. The van der Waals surface area contributed by atoms with Crippen LogP contribution in [0.2, 0.25) is 0 Å². The fourth-order valence-electron chi connectivity index (χ4n) is 1.04. The minimum absolute atomic E-state index is 0.584. The normalized spacial score (nSPS) is 8.90. The molecule has 0 aromatic carbocycles. The van der Waals surface area contributed by atoms with Crippen LogP contribution < -0.4 is 0 Å². The number of aromatic nitrogens is 2. The SMILES string of the molecule is CC.CC.CC(C)c1ccns1.CC(C)c1ccsn1. The molecule has 0 fully saturated rings. The molecule has 2 heterocycles. The van der Waals surface area contributed by atoms with E-state index in [1.807, 2.05) is 39.3 Å². The highest BCUT2D eigenvalue weighted by atomic mass is 32.1. The average Bonchev–Trinajstić information content (AvgIpc) is 3.17. The van der Waals surface area contributed by atoms with Crippen molar-refractivity contribution < 1.29 is 0 Å². The largest absolute Gasteiger partial charge is 0.201 e. The van der Waals surface area contributed by atoms with E-state index in [2.05, 4.69) is 48.6 Å². The lowest BCUT2D eigenvalue weighted by atomic mass is 10.1. The quantitative estimate of drug-likeness (QED) is 0.625. The molecule has 0 aliphatic heterocycles. The van der Waals surface area contributed by atoms with Crippen LogP contribution in [-0.2, 0) is 0 Å². The maximum absolute atomic E-state index is 4.16. The second kappa shape index (κ2) is 14.7. The van der Waals surface area contributed by atoms with E-state index in [-0.39, 0.29) is 0 Å². The Kier molecular flexibility index (Phi) is 15.8. The average molecular weight is 315 g/mol. The Morgan fingerprint density at radius 1 is 0.900 bits per heavy atom. The van der Waals surface area contributed by atoms with Crippen molar-refractivity contribution in [2.24, 2.45) is 0 Å². The summed E-state index contributed by atoms with van der Waals surface area (Å²) in [6, 6.07) is 4.13. The van der Waals surface area contributed by atoms with Gasteiger partial charge in [-0.1, -0.05) is 55.4 Å². The third kappa shape index (κ3) is 10.1. The molecule has 0 bridgehead atoms. The lowest BCUT2D eigenvalue weighted by molar-refractivity contribution is 0.841. The molecule has 0 atom stereocenters. The van der Waals surface area contributed by atoms with Gasteiger partial charge in [0, 0.05) is 16.5 Å². The first-order valence-corrected chi connectivity index (χ1v) is 9.03. The van der Waals surface area contributed by atoms with Crippen LogP contribution in [0, 0.1) is 0 Å². The van der Waals surface area contributed by atoms with E-state index in [0.29, 0.717) is 11.8 Å². The summed E-state index contributed by atoms with van der Waals surface area (Å²) >= 11 is 3.10. The van der Waals surface area contributed by atoms with Gasteiger partial charge in [0.1, 0.15) is 0 Å². The van der Waals surface area contributed by atoms with Gasteiger partial charge in [0.2, 0.25) is 0 Å². The van der Waals surface area contributed by atoms with Crippen molar-refractivity contribution in [1.82, 2.24) is 8.75 Å². The Bertz CT molecular complexity index is 327. The lowest BCUT2D eigenvalue weighted by Crippen LogP contribution is -1.83. The van der Waals surface area contributed by atoms with E-state index >= 15 is 0 Å². The Labute approximate surface area is 133 Å². The summed E-state index contributed by atoms with van der Waals surface area (Å²) in [4.78, 5) is 1.37. The smallest absolute Gasteiger partial charge is 0.0567 e. The molecule has 2 nitrogen and oxygen atoms in total. The molecule has 0 aliphatic carbocycles. The predicted octanol–water partition coefficient (Wildman–Crippen LogP) is 6.59. The van der Waals surface area contributed by atoms with E-state index in [1.54, 1.807) is 11.5 Å². The monoisotopic (exact) mass is 314 g/mol. The van der Waals surface area contributed by atoms with Crippen molar-refractivity contribution >= 4 is 23.1 Å². The van der Waals surface area contributed by atoms with Gasteiger partial charge in [-0.15, -0.1) is 0 Å². The molecule has 0 unspecified atom stereocenters. The molecule has 2 aromatic rings. The van der Waals surface area contributed by atoms with E-state index < -0.39 is 0 Å². The first kappa shape index (κ1) is 21.6. The molecule has 4 heteroatoms. The zero-order valence-corrected chi connectivity index (χ0v) is 15.8. The fraction of sp³-hybridized carbons (Fsp3) is 0.625. The highest BCUT2D eigenvalue weighted by Gasteiger charge is 1.98. The topological polar surface area (TPSA) is 25.8 Å². The molecular weight excluding hydrogens is 284 g/mol. The second-order valence-corrected chi connectivity index (χ2v) is 5.68. The van der Waals surface area contributed by atoms with Crippen molar-refractivity contribution in [3.8, 4) is 0 Å². The molecule has 116 valence electrons. The summed E-state index contributed by atoms with van der Waals surface area (Å²) in [6.45, 7) is 16.6. The van der Waals surface area contributed by atoms with Gasteiger partial charge in [0.25, 0.3) is 0 Å². The molecule has 2 aromatic heterocycles. The van der Waals surface area contributed by atoms with Crippen LogP contribution in [0.3, 0.4) is 0 Å². The van der Waals surface area contributed by atoms with E-state index in [1.165, 1.54) is 22.1 Å². The standard InChI is InChI=1S/2C6H9NS.2C2H6/c1-5(2)6-3-4-8-7-6;1-5(2)6-3-4-7-8-6;2*1-2/h2*3-5H,1-2H3;2*1-2H3. The van der Waals surface area contributed by atoms with Crippen LogP contribution in [0.5, 0.6) is 0 Å². The maximum Gasteiger partial charge on any atom is 0.0567 e. The highest BCUT2D eigenvalue weighted by Crippen LogP contribution is 2.16. The lowest BCUT2D eigenvalue weighted by Gasteiger charge is -1.94. The molecule has 0 aliphatic rings. The molecule has 0 spiro atoms. The van der Waals surface area contributed by atoms with Gasteiger partial charge in [-0.25, -0.2) is 4.37 Å². The number of nitrogens with zero attached hydrogens (tertiary/aromatic N) is 2. The molecule has 0 saturated heterocycles. The van der Waals surface area contributed by atoms with Crippen molar-refractivity contribution in [2.75, 3.05) is 0 Å². The van der Waals surface area contributed by atoms with Gasteiger partial charge in [-0.3, -0.25) is 0 Å². The Balaban J connectivity index is 0. The summed E-state index contributed by atoms with van der Waals surface area (Å²) in [7, 11) is 0. The molecule has 0 radical (unpaired) electrons. The van der Waals surface area contributed by atoms with Gasteiger partial charge in [0.05, 0.1) is 5.69 Å². The molecule has 0 N–H and O–H groups in total. The van der Waals surface area contributed by atoms with Gasteiger partial charge >= 0.3 is 0 Å². The summed E-state index contributed by atoms with van der Waals surface area (Å²) in [5.41, 5.74) is 1.20. The van der Waals surface area contributed by atoms with E-state index in [0.717, 1.165) is 0 Å². The van der Waals surface area contributed by atoms with Crippen LogP contribution in [0.4, 0.5) is 0 Å². The summed E-state index contributed by atoms with van der Waals surface area (Å²) in [5, 5.41) is 2.01. The Morgan fingerprint density at radius 3 is 1.70 bits per heavy atom. The third-order valence-corrected chi connectivity index (χ3v) is 3.70. The molecule has 0 amide bonds. The van der Waals surface area contributed by atoms with Crippen molar-refractivity contribution in [1.29, 1.82) is 0 Å². The molecule has 0 saturated carbocycles. The zero-order chi connectivity index (χ0) is 16.0. The summed E-state index contributed by atoms with van der Waals surface area (Å²) < 4.78 is 8.14. The Hall–Kier alpha value is -0.740. The van der Waals surface area contributed by atoms with Gasteiger partial charge in [-0.2, -0.15) is 4.37 Å². The second-order valence-electron chi connectivity index (χ2n) is 4.15. The first-order valence-electron chi connectivity index (χ1n) is 7.42. The van der Waals surface area contributed by atoms with Crippen molar-refractivity contribution in [3.05, 3.63) is 34.3 Å². The summed E-state index contributed by atoms with van der Waals surface area (Å²) in [6.07, 6.45) is 1.85. The van der Waals surface area contributed by atoms with Gasteiger partial charge in [0.15, 0.2) is 0 Å². The number of hydrogen-bond donors (Lipinski definition) is 0. The predicted molar refractivity (Wildman–Crippen MR) is 95.1 cm³/mol. The third-order valence-electron chi connectivity index (χ3n) is 2.08. The molecule has 20 heavy (non-hydrogen) atoms.